The van der Waals surface area contributed by atoms with E-state index in [0.29, 0.717) is 17.2 Å². The van der Waals surface area contributed by atoms with E-state index in [1.54, 1.807) is 32.4 Å². The zero-order chi connectivity index (χ0) is 16.7. The van der Waals surface area contributed by atoms with Crippen LogP contribution in [0.5, 0.6) is 17.2 Å². The van der Waals surface area contributed by atoms with E-state index < -0.39 is 0 Å². The van der Waals surface area contributed by atoms with Gasteiger partial charge in [-0.3, -0.25) is 4.79 Å². The summed E-state index contributed by atoms with van der Waals surface area (Å²) in [5.41, 5.74) is 1.70. The summed E-state index contributed by atoms with van der Waals surface area (Å²) >= 11 is 0. The van der Waals surface area contributed by atoms with Crippen LogP contribution >= 0.6 is 0 Å². The number of nitrogens with one attached hydrogen (secondary N) is 1. The van der Waals surface area contributed by atoms with Crippen molar-refractivity contribution in [2.45, 2.75) is 13.3 Å². The molecule has 0 fully saturated rings. The highest BCUT2D eigenvalue weighted by Crippen LogP contribution is 2.29. The van der Waals surface area contributed by atoms with Gasteiger partial charge in [0.15, 0.2) is 18.1 Å². The Kier molecular flexibility index (Phi) is 5.86. The van der Waals surface area contributed by atoms with Gasteiger partial charge in [0.05, 0.1) is 14.2 Å². The van der Waals surface area contributed by atoms with E-state index in [9.17, 15) is 4.79 Å². The number of anilines is 1. The number of carbonyl (C=O) groups is 1. The number of rotatable bonds is 7. The fourth-order valence-corrected chi connectivity index (χ4v) is 2.19. The maximum atomic E-state index is 12.0. The van der Waals surface area contributed by atoms with E-state index in [1.165, 1.54) is 0 Å². The topological polar surface area (TPSA) is 56.8 Å². The first-order chi connectivity index (χ1) is 11.2. The van der Waals surface area contributed by atoms with Crippen LogP contribution in [0.3, 0.4) is 0 Å². The Labute approximate surface area is 136 Å². The molecule has 0 aliphatic carbocycles. The monoisotopic (exact) mass is 315 g/mol. The minimum atomic E-state index is -0.233. The van der Waals surface area contributed by atoms with Crippen molar-refractivity contribution in [1.82, 2.24) is 0 Å². The molecule has 0 aromatic heterocycles. The molecule has 0 spiro atoms. The molecule has 0 radical (unpaired) electrons. The van der Waals surface area contributed by atoms with Gasteiger partial charge in [0.2, 0.25) is 0 Å². The molecule has 2 aromatic rings. The molecular formula is C18H21NO4. The summed E-state index contributed by atoms with van der Waals surface area (Å²) in [6, 6.07) is 12.9. The Bertz CT molecular complexity index is 670. The second-order valence-electron chi connectivity index (χ2n) is 4.87. The van der Waals surface area contributed by atoms with Crippen LogP contribution in [0.1, 0.15) is 12.5 Å². The lowest BCUT2D eigenvalue weighted by Gasteiger charge is -2.12. The van der Waals surface area contributed by atoms with E-state index in [1.807, 2.05) is 31.2 Å². The quantitative estimate of drug-likeness (QED) is 0.852. The molecule has 5 heteroatoms. The number of hydrogen-bond donors (Lipinski definition) is 1. The van der Waals surface area contributed by atoms with Crippen molar-refractivity contribution in [2.75, 3.05) is 26.1 Å². The molecule has 0 bridgehead atoms. The Morgan fingerprint density at radius 2 is 1.74 bits per heavy atom. The Morgan fingerprint density at radius 1 is 1.00 bits per heavy atom. The Morgan fingerprint density at radius 3 is 2.43 bits per heavy atom. The normalized spacial score (nSPS) is 10.0. The molecule has 0 saturated carbocycles. The molecule has 0 heterocycles. The zero-order valence-electron chi connectivity index (χ0n) is 13.6. The smallest absolute Gasteiger partial charge is 0.262 e. The van der Waals surface area contributed by atoms with Gasteiger partial charge in [-0.15, -0.1) is 0 Å². The van der Waals surface area contributed by atoms with Crippen molar-refractivity contribution in [2.24, 2.45) is 0 Å². The van der Waals surface area contributed by atoms with E-state index >= 15 is 0 Å². The summed E-state index contributed by atoms with van der Waals surface area (Å²) in [6.07, 6.45) is 0.855. The molecule has 0 unspecified atom stereocenters. The van der Waals surface area contributed by atoms with E-state index in [0.717, 1.165) is 17.7 Å². The van der Waals surface area contributed by atoms with Gasteiger partial charge in [0, 0.05) is 11.8 Å². The van der Waals surface area contributed by atoms with Gasteiger partial charge in [-0.05, 0) is 30.2 Å². The largest absolute Gasteiger partial charge is 0.493 e. The lowest BCUT2D eigenvalue weighted by atomic mass is 10.1. The minimum absolute atomic E-state index is 0.0502. The number of aryl methyl sites for hydroxylation is 1. The molecule has 1 N–H and O–H groups in total. The lowest BCUT2D eigenvalue weighted by Crippen LogP contribution is -2.20. The number of para-hydroxylation sites is 1. The summed E-state index contributed by atoms with van der Waals surface area (Å²) < 4.78 is 16.0. The van der Waals surface area contributed by atoms with Crippen LogP contribution in [-0.2, 0) is 11.2 Å². The van der Waals surface area contributed by atoms with Crippen molar-refractivity contribution >= 4 is 11.6 Å². The number of ether oxygens (including phenoxy) is 3. The van der Waals surface area contributed by atoms with Gasteiger partial charge < -0.3 is 19.5 Å². The second-order valence-corrected chi connectivity index (χ2v) is 4.87. The van der Waals surface area contributed by atoms with Gasteiger partial charge in [0.1, 0.15) is 5.75 Å². The predicted octanol–water partition coefficient (Wildman–Crippen LogP) is 3.28. The average Bonchev–Trinajstić information content (AvgIpc) is 2.60. The van der Waals surface area contributed by atoms with E-state index in [2.05, 4.69) is 5.32 Å². The first kappa shape index (κ1) is 16.7. The van der Waals surface area contributed by atoms with E-state index in [-0.39, 0.29) is 12.5 Å². The highest BCUT2D eigenvalue weighted by Gasteiger charge is 2.09. The van der Waals surface area contributed by atoms with Gasteiger partial charge in [0.25, 0.3) is 5.91 Å². The van der Waals surface area contributed by atoms with Crippen LogP contribution in [0.25, 0.3) is 0 Å². The number of benzene rings is 2. The predicted molar refractivity (Wildman–Crippen MR) is 89.5 cm³/mol. The SMILES string of the molecule is CCc1ccccc1OCC(=O)Nc1ccc(OC)c(OC)c1. The van der Waals surface area contributed by atoms with Gasteiger partial charge in [-0.2, -0.15) is 0 Å². The Balaban J connectivity index is 1.97. The summed E-state index contributed by atoms with van der Waals surface area (Å²) in [7, 11) is 3.11. The number of hydrogen-bond acceptors (Lipinski definition) is 4. The van der Waals surface area contributed by atoms with Crippen LogP contribution in [0.15, 0.2) is 42.5 Å². The van der Waals surface area contributed by atoms with Gasteiger partial charge in [-0.25, -0.2) is 0 Å². The molecule has 0 aliphatic heterocycles. The molecule has 2 aromatic carbocycles. The average molecular weight is 315 g/mol. The highest BCUT2D eigenvalue weighted by atomic mass is 16.5. The maximum absolute atomic E-state index is 12.0. The number of methoxy groups -OCH3 is 2. The Hall–Kier alpha value is -2.69. The highest BCUT2D eigenvalue weighted by molar-refractivity contribution is 5.92. The first-order valence-corrected chi connectivity index (χ1v) is 7.40. The molecule has 2 rings (SSSR count). The summed E-state index contributed by atoms with van der Waals surface area (Å²) in [6.45, 7) is 2.00. The summed E-state index contributed by atoms with van der Waals surface area (Å²) in [5.74, 6) is 1.67. The molecule has 1 amide bonds. The molecule has 23 heavy (non-hydrogen) atoms. The van der Waals surface area contributed by atoms with Crippen LogP contribution in [-0.4, -0.2) is 26.7 Å². The van der Waals surface area contributed by atoms with Crippen molar-refractivity contribution in [3.63, 3.8) is 0 Å². The fraction of sp³-hybridized carbons (Fsp3) is 0.278. The van der Waals surface area contributed by atoms with Crippen LogP contribution in [0.4, 0.5) is 5.69 Å². The van der Waals surface area contributed by atoms with Crippen molar-refractivity contribution < 1.29 is 19.0 Å². The van der Waals surface area contributed by atoms with Gasteiger partial charge in [-0.1, -0.05) is 25.1 Å². The van der Waals surface area contributed by atoms with Crippen LogP contribution in [0.2, 0.25) is 0 Å². The minimum Gasteiger partial charge on any atom is -0.493 e. The molecule has 5 nitrogen and oxygen atoms in total. The lowest BCUT2D eigenvalue weighted by molar-refractivity contribution is -0.118. The molecule has 122 valence electrons. The van der Waals surface area contributed by atoms with Gasteiger partial charge >= 0.3 is 0 Å². The molecular weight excluding hydrogens is 294 g/mol. The molecule has 0 aliphatic rings. The maximum Gasteiger partial charge on any atom is 0.262 e. The van der Waals surface area contributed by atoms with Crippen molar-refractivity contribution in [3.05, 3.63) is 48.0 Å². The second kappa shape index (κ2) is 8.08. The third-order valence-electron chi connectivity index (χ3n) is 3.38. The van der Waals surface area contributed by atoms with Crippen molar-refractivity contribution in [3.8, 4) is 17.2 Å². The molecule has 0 atom stereocenters. The number of amides is 1. The van der Waals surface area contributed by atoms with Crippen LogP contribution < -0.4 is 19.5 Å². The van der Waals surface area contributed by atoms with Crippen molar-refractivity contribution in [1.29, 1.82) is 0 Å². The summed E-state index contributed by atoms with van der Waals surface area (Å²) in [4.78, 5) is 12.0. The molecule has 0 saturated heterocycles. The third kappa shape index (κ3) is 4.39. The number of carbonyl (C=O) groups excluding carboxylic acids is 1. The zero-order valence-corrected chi connectivity index (χ0v) is 13.6. The first-order valence-electron chi connectivity index (χ1n) is 7.40. The standard InChI is InChI=1S/C18H21NO4/c1-4-13-7-5-6-8-15(13)23-12-18(20)19-14-9-10-16(21-2)17(11-14)22-3/h5-11H,4,12H2,1-3H3,(H,19,20). The van der Waals surface area contributed by atoms with Crippen LogP contribution in [0, 0.1) is 0 Å². The summed E-state index contributed by atoms with van der Waals surface area (Å²) in [5, 5.41) is 2.78. The van der Waals surface area contributed by atoms with E-state index in [4.69, 9.17) is 14.2 Å². The fourth-order valence-electron chi connectivity index (χ4n) is 2.19. The third-order valence-corrected chi connectivity index (χ3v) is 3.38.